The number of H-pyrrole nitrogens is 1. The Morgan fingerprint density at radius 2 is 2.28 bits per heavy atom. The lowest BCUT2D eigenvalue weighted by Crippen LogP contribution is -2.26. The summed E-state index contributed by atoms with van der Waals surface area (Å²) in [6, 6.07) is 6.89. The van der Waals surface area contributed by atoms with Gasteiger partial charge in [0.1, 0.15) is 5.82 Å². The summed E-state index contributed by atoms with van der Waals surface area (Å²) in [5, 5.41) is 6.74. The molecule has 0 spiro atoms. The van der Waals surface area contributed by atoms with Crippen molar-refractivity contribution >= 4 is 11.6 Å². The molecule has 0 atom stereocenters. The van der Waals surface area contributed by atoms with Crippen LogP contribution >= 0.6 is 0 Å². The van der Waals surface area contributed by atoms with Gasteiger partial charge in [-0.2, -0.15) is 5.10 Å². The Bertz CT molecular complexity index is 563. The Morgan fingerprint density at radius 3 is 2.89 bits per heavy atom. The topological polar surface area (TPSA) is 87.9 Å². The number of aromatic amines is 1. The van der Waals surface area contributed by atoms with Gasteiger partial charge < -0.3 is 10.6 Å². The highest BCUT2D eigenvalue weighted by Gasteiger charge is 2.13. The van der Waals surface area contributed by atoms with Gasteiger partial charge in [0.05, 0.1) is 6.54 Å². The van der Waals surface area contributed by atoms with Crippen molar-refractivity contribution in [2.45, 2.75) is 13.5 Å². The van der Waals surface area contributed by atoms with Crippen molar-refractivity contribution in [3.63, 3.8) is 0 Å². The first-order valence-corrected chi connectivity index (χ1v) is 5.55. The minimum Gasteiger partial charge on any atom is -0.399 e. The second kappa shape index (κ2) is 4.87. The highest BCUT2D eigenvalue weighted by atomic mass is 16.2. The summed E-state index contributed by atoms with van der Waals surface area (Å²) >= 11 is 0. The average molecular weight is 245 g/mol. The van der Waals surface area contributed by atoms with Crippen molar-refractivity contribution in [2.24, 2.45) is 0 Å². The highest BCUT2D eigenvalue weighted by Crippen LogP contribution is 2.10. The number of aryl methyl sites for hydroxylation is 1. The van der Waals surface area contributed by atoms with E-state index in [1.54, 1.807) is 36.2 Å². The van der Waals surface area contributed by atoms with Crippen LogP contribution in [0, 0.1) is 6.92 Å². The molecular formula is C12H15N5O. The first-order chi connectivity index (χ1) is 8.56. The number of nitrogens with zero attached hydrogens (tertiary/aromatic N) is 3. The van der Waals surface area contributed by atoms with E-state index in [9.17, 15) is 4.79 Å². The average Bonchev–Trinajstić information content (AvgIpc) is 2.73. The fourth-order valence-electron chi connectivity index (χ4n) is 1.64. The van der Waals surface area contributed by atoms with Crippen LogP contribution in [0.15, 0.2) is 24.3 Å². The maximum atomic E-state index is 12.1. The molecule has 3 N–H and O–H groups in total. The van der Waals surface area contributed by atoms with E-state index in [0.29, 0.717) is 23.6 Å². The molecule has 2 aromatic rings. The number of nitrogens with two attached hydrogens (primary N) is 1. The minimum absolute atomic E-state index is 0.107. The lowest BCUT2D eigenvalue weighted by atomic mass is 10.2. The van der Waals surface area contributed by atoms with Gasteiger partial charge in [0.25, 0.3) is 5.91 Å². The lowest BCUT2D eigenvalue weighted by Gasteiger charge is -2.15. The Labute approximate surface area is 105 Å². The van der Waals surface area contributed by atoms with Gasteiger partial charge in [-0.1, -0.05) is 6.07 Å². The number of aromatic nitrogens is 3. The standard InChI is InChI=1S/C12H15N5O/c1-8-14-11(16-15-8)7-17(2)12(18)9-4-3-5-10(13)6-9/h3-6H,7,13H2,1-2H3,(H,14,15,16). The van der Waals surface area contributed by atoms with E-state index in [2.05, 4.69) is 15.2 Å². The monoisotopic (exact) mass is 245 g/mol. The molecule has 1 amide bonds. The lowest BCUT2D eigenvalue weighted by molar-refractivity contribution is 0.0781. The van der Waals surface area contributed by atoms with Crippen LogP contribution in [0.5, 0.6) is 0 Å². The maximum absolute atomic E-state index is 12.1. The Kier molecular flexibility index (Phi) is 3.27. The zero-order valence-electron chi connectivity index (χ0n) is 10.3. The molecule has 0 aliphatic carbocycles. The summed E-state index contributed by atoms with van der Waals surface area (Å²) in [6.07, 6.45) is 0. The Morgan fingerprint density at radius 1 is 1.50 bits per heavy atom. The van der Waals surface area contributed by atoms with Crippen LogP contribution in [0.4, 0.5) is 5.69 Å². The molecule has 1 aromatic carbocycles. The molecule has 0 saturated heterocycles. The summed E-state index contributed by atoms with van der Waals surface area (Å²) in [5.41, 5.74) is 6.78. The van der Waals surface area contributed by atoms with Gasteiger partial charge >= 0.3 is 0 Å². The van der Waals surface area contributed by atoms with Crippen LogP contribution in [0.3, 0.4) is 0 Å². The molecule has 2 rings (SSSR count). The molecular weight excluding hydrogens is 230 g/mol. The molecule has 0 fully saturated rings. The third-order valence-electron chi connectivity index (χ3n) is 2.50. The van der Waals surface area contributed by atoms with Crippen LogP contribution in [0.1, 0.15) is 22.0 Å². The zero-order valence-corrected chi connectivity index (χ0v) is 10.3. The molecule has 0 aliphatic rings. The predicted molar refractivity (Wildman–Crippen MR) is 67.8 cm³/mol. The van der Waals surface area contributed by atoms with E-state index in [1.165, 1.54) is 0 Å². The molecule has 0 aliphatic heterocycles. The molecule has 1 heterocycles. The summed E-state index contributed by atoms with van der Waals surface area (Å²) in [6.45, 7) is 2.17. The van der Waals surface area contributed by atoms with Crippen molar-refractivity contribution in [1.82, 2.24) is 20.1 Å². The number of hydrogen-bond donors (Lipinski definition) is 2. The number of benzene rings is 1. The SMILES string of the molecule is Cc1nc(CN(C)C(=O)c2cccc(N)c2)n[nH]1. The number of nitrogens with one attached hydrogen (secondary N) is 1. The summed E-state index contributed by atoms with van der Waals surface area (Å²) < 4.78 is 0. The van der Waals surface area contributed by atoms with Gasteiger partial charge in [0.2, 0.25) is 0 Å². The van der Waals surface area contributed by atoms with Crippen molar-refractivity contribution in [3.05, 3.63) is 41.5 Å². The normalized spacial score (nSPS) is 10.3. The summed E-state index contributed by atoms with van der Waals surface area (Å²) in [7, 11) is 1.71. The second-order valence-electron chi connectivity index (χ2n) is 4.12. The molecule has 6 nitrogen and oxygen atoms in total. The largest absolute Gasteiger partial charge is 0.399 e. The van der Waals surface area contributed by atoms with Gasteiger partial charge in [-0.15, -0.1) is 0 Å². The first kappa shape index (κ1) is 12.1. The van der Waals surface area contributed by atoms with E-state index >= 15 is 0 Å². The molecule has 6 heteroatoms. The van der Waals surface area contributed by atoms with Gasteiger partial charge in [-0.05, 0) is 25.1 Å². The fourth-order valence-corrected chi connectivity index (χ4v) is 1.64. The minimum atomic E-state index is -0.107. The number of carbonyl (C=O) groups excluding carboxylic acids is 1. The van der Waals surface area contributed by atoms with Crippen LogP contribution in [0.2, 0.25) is 0 Å². The summed E-state index contributed by atoms with van der Waals surface area (Å²) in [4.78, 5) is 17.8. The molecule has 0 radical (unpaired) electrons. The van der Waals surface area contributed by atoms with Crippen LogP contribution in [-0.4, -0.2) is 33.0 Å². The number of anilines is 1. The van der Waals surface area contributed by atoms with Crippen molar-refractivity contribution in [2.75, 3.05) is 12.8 Å². The van der Waals surface area contributed by atoms with Gasteiger partial charge in [0.15, 0.2) is 5.82 Å². The predicted octanol–water partition coefficient (Wildman–Crippen LogP) is 0.968. The zero-order chi connectivity index (χ0) is 13.1. The second-order valence-corrected chi connectivity index (χ2v) is 4.12. The fraction of sp³-hybridized carbons (Fsp3) is 0.250. The number of rotatable bonds is 3. The quantitative estimate of drug-likeness (QED) is 0.788. The highest BCUT2D eigenvalue weighted by molar-refractivity contribution is 5.94. The van der Waals surface area contributed by atoms with Crippen LogP contribution in [0.25, 0.3) is 0 Å². The molecule has 0 unspecified atom stereocenters. The maximum Gasteiger partial charge on any atom is 0.254 e. The number of carbonyl (C=O) groups is 1. The van der Waals surface area contributed by atoms with E-state index in [1.807, 2.05) is 6.92 Å². The van der Waals surface area contributed by atoms with Gasteiger partial charge in [-0.3, -0.25) is 9.89 Å². The van der Waals surface area contributed by atoms with Crippen LogP contribution in [-0.2, 0) is 6.54 Å². The molecule has 0 bridgehead atoms. The first-order valence-electron chi connectivity index (χ1n) is 5.55. The Balaban J connectivity index is 2.09. The third-order valence-corrected chi connectivity index (χ3v) is 2.50. The Hall–Kier alpha value is -2.37. The van der Waals surface area contributed by atoms with Crippen molar-refractivity contribution in [1.29, 1.82) is 0 Å². The van der Waals surface area contributed by atoms with E-state index < -0.39 is 0 Å². The van der Waals surface area contributed by atoms with E-state index in [0.717, 1.165) is 5.82 Å². The van der Waals surface area contributed by atoms with Gasteiger partial charge in [-0.25, -0.2) is 4.98 Å². The number of hydrogen-bond acceptors (Lipinski definition) is 4. The van der Waals surface area contributed by atoms with Crippen molar-refractivity contribution < 1.29 is 4.79 Å². The number of nitrogen functional groups attached to an aromatic ring is 1. The van der Waals surface area contributed by atoms with E-state index in [4.69, 9.17) is 5.73 Å². The molecule has 94 valence electrons. The third kappa shape index (κ3) is 2.65. The van der Waals surface area contributed by atoms with Crippen molar-refractivity contribution in [3.8, 4) is 0 Å². The number of amides is 1. The summed E-state index contributed by atoms with van der Waals surface area (Å²) in [5.74, 6) is 1.21. The van der Waals surface area contributed by atoms with E-state index in [-0.39, 0.29) is 5.91 Å². The smallest absolute Gasteiger partial charge is 0.254 e. The molecule has 1 aromatic heterocycles. The molecule has 0 saturated carbocycles. The van der Waals surface area contributed by atoms with Gasteiger partial charge in [0, 0.05) is 18.3 Å². The van der Waals surface area contributed by atoms with Crippen LogP contribution < -0.4 is 5.73 Å². The molecule has 18 heavy (non-hydrogen) atoms.